The molecule has 0 saturated carbocycles. The van der Waals surface area contributed by atoms with Crippen LogP contribution < -0.4 is 19.5 Å². The maximum Gasteiger partial charge on any atom is 0.387 e. The van der Waals surface area contributed by atoms with Crippen LogP contribution in [0.15, 0.2) is 71.6 Å². The average Bonchev–Trinajstić information content (AvgIpc) is 2.75. The van der Waals surface area contributed by atoms with E-state index in [1.165, 1.54) is 49.6 Å². The summed E-state index contributed by atoms with van der Waals surface area (Å²) in [6, 6.07) is 15.4. The molecule has 0 saturated heterocycles. The Labute approximate surface area is 188 Å². The van der Waals surface area contributed by atoms with Crippen molar-refractivity contribution in [3.05, 3.63) is 77.3 Å². The summed E-state index contributed by atoms with van der Waals surface area (Å²) in [7, 11) is -2.75. The number of sulfonamides is 1. The largest absolute Gasteiger partial charge is 0.495 e. The lowest BCUT2D eigenvalue weighted by Gasteiger charge is -2.13. The summed E-state index contributed by atoms with van der Waals surface area (Å²) < 4.78 is 62.0. The van der Waals surface area contributed by atoms with Gasteiger partial charge in [0.25, 0.3) is 15.9 Å². The Balaban J connectivity index is 1.82. The summed E-state index contributed by atoms with van der Waals surface area (Å²) in [6.45, 7) is -2.96. The first-order valence-electron chi connectivity index (χ1n) is 9.01. The van der Waals surface area contributed by atoms with E-state index < -0.39 is 22.5 Å². The van der Waals surface area contributed by atoms with E-state index in [0.29, 0.717) is 11.4 Å². The molecule has 0 fully saturated rings. The lowest BCUT2D eigenvalue weighted by atomic mass is 10.2. The molecule has 1 amide bonds. The Morgan fingerprint density at radius 3 is 2.38 bits per heavy atom. The predicted molar refractivity (Wildman–Crippen MR) is 116 cm³/mol. The van der Waals surface area contributed by atoms with Crippen LogP contribution in [0.1, 0.15) is 10.4 Å². The van der Waals surface area contributed by atoms with Crippen LogP contribution in [0.4, 0.5) is 20.2 Å². The van der Waals surface area contributed by atoms with Crippen LogP contribution in [0.3, 0.4) is 0 Å². The minimum Gasteiger partial charge on any atom is -0.495 e. The molecule has 0 aliphatic carbocycles. The van der Waals surface area contributed by atoms with Crippen molar-refractivity contribution in [3.63, 3.8) is 0 Å². The van der Waals surface area contributed by atoms with Gasteiger partial charge in [-0.3, -0.25) is 9.52 Å². The van der Waals surface area contributed by atoms with E-state index in [0.717, 1.165) is 6.07 Å². The van der Waals surface area contributed by atoms with E-state index in [2.05, 4.69) is 14.8 Å². The van der Waals surface area contributed by atoms with E-state index in [4.69, 9.17) is 16.3 Å². The maximum atomic E-state index is 12.9. The summed E-state index contributed by atoms with van der Waals surface area (Å²) in [5.41, 5.74) is 0.512. The van der Waals surface area contributed by atoms with E-state index >= 15 is 0 Å². The topological polar surface area (TPSA) is 93.7 Å². The standard InChI is InChI=1S/C21H17ClF2N2O5S/c1-30-18-5-3-2-4-17(18)26-32(28,29)19-12-13(6-11-16(19)22)20(27)25-14-7-9-15(10-8-14)31-21(23)24/h2-12,21,26H,1H3,(H,25,27). The average molecular weight is 483 g/mol. The number of para-hydroxylation sites is 2. The molecule has 0 radical (unpaired) electrons. The van der Waals surface area contributed by atoms with Gasteiger partial charge in [-0.05, 0) is 54.6 Å². The van der Waals surface area contributed by atoms with Crippen molar-refractivity contribution in [3.8, 4) is 11.5 Å². The van der Waals surface area contributed by atoms with Crippen LogP contribution in [-0.2, 0) is 10.0 Å². The minimum absolute atomic E-state index is 0.0164. The van der Waals surface area contributed by atoms with Gasteiger partial charge in [-0.15, -0.1) is 0 Å². The molecule has 0 bridgehead atoms. The fourth-order valence-electron chi connectivity index (χ4n) is 2.70. The molecule has 7 nitrogen and oxygen atoms in total. The maximum absolute atomic E-state index is 12.9. The number of methoxy groups -OCH3 is 1. The SMILES string of the molecule is COc1ccccc1NS(=O)(=O)c1cc(C(=O)Nc2ccc(OC(F)F)cc2)ccc1Cl. The van der Waals surface area contributed by atoms with E-state index in [1.807, 2.05) is 0 Å². The highest BCUT2D eigenvalue weighted by Crippen LogP contribution is 2.29. The minimum atomic E-state index is -4.15. The number of ether oxygens (including phenoxy) is 2. The van der Waals surface area contributed by atoms with Gasteiger partial charge in [0.15, 0.2) is 0 Å². The molecular weight excluding hydrogens is 466 g/mol. The van der Waals surface area contributed by atoms with Gasteiger partial charge in [-0.1, -0.05) is 23.7 Å². The summed E-state index contributed by atoms with van der Waals surface area (Å²) >= 11 is 6.09. The summed E-state index contributed by atoms with van der Waals surface area (Å²) in [6.07, 6.45) is 0. The van der Waals surface area contributed by atoms with Crippen molar-refractivity contribution in [2.75, 3.05) is 17.1 Å². The zero-order valence-electron chi connectivity index (χ0n) is 16.5. The summed E-state index contributed by atoms with van der Waals surface area (Å²) in [5.74, 6) is -0.390. The van der Waals surface area contributed by atoms with E-state index in [1.54, 1.807) is 18.2 Å². The molecule has 3 aromatic carbocycles. The molecule has 0 atom stereocenters. The van der Waals surface area contributed by atoms with Crippen LogP contribution in [0, 0.1) is 0 Å². The number of nitrogens with one attached hydrogen (secondary N) is 2. The van der Waals surface area contributed by atoms with Gasteiger partial charge in [0.2, 0.25) is 0 Å². The number of amides is 1. The van der Waals surface area contributed by atoms with Gasteiger partial charge in [0, 0.05) is 11.3 Å². The normalized spacial score (nSPS) is 11.2. The molecule has 168 valence electrons. The highest BCUT2D eigenvalue weighted by molar-refractivity contribution is 7.92. The number of benzene rings is 3. The number of carbonyl (C=O) groups is 1. The van der Waals surface area contributed by atoms with Crippen molar-refractivity contribution in [1.29, 1.82) is 0 Å². The second-order valence-corrected chi connectivity index (χ2v) is 8.37. The second-order valence-electron chi connectivity index (χ2n) is 6.31. The molecule has 0 aliphatic rings. The monoisotopic (exact) mass is 482 g/mol. The van der Waals surface area contributed by atoms with Gasteiger partial charge in [-0.25, -0.2) is 8.42 Å². The quantitative estimate of drug-likeness (QED) is 0.471. The van der Waals surface area contributed by atoms with Gasteiger partial charge < -0.3 is 14.8 Å². The molecule has 3 rings (SSSR count). The molecular formula is C21H17ClF2N2O5S. The summed E-state index contributed by atoms with van der Waals surface area (Å²) in [5, 5.41) is 2.46. The first kappa shape index (κ1) is 23.3. The zero-order chi connectivity index (χ0) is 23.3. The molecule has 0 heterocycles. The third kappa shape index (κ3) is 5.65. The number of rotatable bonds is 8. The van der Waals surface area contributed by atoms with Gasteiger partial charge in [0.1, 0.15) is 16.4 Å². The highest BCUT2D eigenvalue weighted by Gasteiger charge is 2.22. The van der Waals surface area contributed by atoms with Crippen molar-refractivity contribution in [2.24, 2.45) is 0 Å². The van der Waals surface area contributed by atoms with Crippen molar-refractivity contribution < 1.29 is 31.5 Å². The number of hydrogen-bond acceptors (Lipinski definition) is 5. The van der Waals surface area contributed by atoms with Crippen molar-refractivity contribution in [1.82, 2.24) is 0 Å². The predicted octanol–water partition coefficient (Wildman–Crippen LogP) is 5.00. The Kier molecular flexibility index (Phi) is 7.16. The van der Waals surface area contributed by atoms with E-state index in [-0.39, 0.29) is 26.9 Å². The lowest BCUT2D eigenvalue weighted by molar-refractivity contribution is -0.0498. The lowest BCUT2D eigenvalue weighted by Crippen LogP contribution is -2.17. The van der Waals surface area contributed by atoms with Crippen molar-refractivity contribution in [2.45, 2.75) is 11.5 Å². The van der Waals surface area contributed by atoms with E-state index in [9.17, 15) is 22.0 Å². The third-order valence-electron chi connectivity index (χ3n) is 4.17. The first-order valence-corrected chi connectivity index (χ1v) is 10.9. The van der Waals surface area contributed by atoms with Crippen LogP contribution in [0.2, 0.25) is 5.02 Å². The number of carbonyl (C=O) groups excluding carboxylic acids is 1. The molecule has 11 heteroatoms. The Morgan fingerprint density at radius 1 is 1.03 bits per heavy atom. The smallest absolute Gasteiger partial charge is 0.387 e. The Hall–Kier alpha value is -3.37. The van der Waals surface area contributed by atoms with Crippen LogP contribution in [-0.4, -0.2) is 28.0 Å². The molecule has 32 heavy (non-hydrogen) atoms. The van der Waals surface area contributed by atoms with Crippen LogP contribution >= 0.6 is 11.6 Å². The number of alkyl halides is 2. The van der Waals surface area contributed by atoms with Crippen LogP contribution in [0.5, 0.6) is 11.5 Å². The zero-order valence-corrected chi connectivity index (χ0v) is 18.1. The van der Waals surface area contributed by atoms with Gasteiger partial charge >= 0.3 is 6.61 Å². The fraction of sp³-hybridized carbons (Fsp3) is 0.0952. The second kappa shape index (κ2) is 9.84. The Morgan fingerprint density at radius 2 is 1.72 bits per heavy atom. The van der Waals surface area contributed by atoms with Gasteiger partial charge in [-0.2, -0.15) is 8.78 Å². The molecule has 0 spiro atoms. The van der Waals surface area contributed by atoms with Crippen molar-refractivity contribution >= 4 is 38.9 Å². The third-order valence-corrected chi connectivity index (χ3v) is 6.02. The first-order chi connectivity index (χ1) is 15.2. The number of anilines is 2. The van der Waals surface area contributed by atoms with Gasteiger partial charge in [0.05, 0.1) is 17.8 Å². The highest BCUT2D eigenvalue weighted by atomic mass is 35.5. The summed E-state index contributed by atoms with van der Waals surface area (Å²) in [4.78, 5) is 12.3. The molecule has 3 aromatic rings. The van der Waals surface area contributed by atoms with Crippen LogP contribution in [0.25, 0.3) is 0 Å². The molecule has 0 aliphatic heterocycles. The number of hydrogen-bond donors (Lipinski definition) is 2. The fourth-order valence-corrected chi connectivity index (χ4v) is 4.30. The molecule has 2 N–H and O–H groups in total. The Bertz CT molecular complexity index is 1220. The molecule has 0 unspecified atom stereocenters. The number of halogens is 3. The molecule has 0 aromatic heterocycles.